The molecule has 0 amide bonds. The molecule has 0 bridgehead atoms. The van der Waals surface area contributed by atoms with Gasteiger partial charge in [0, 0.05) is 23.1 Å². The molecule has 0 aliphatic carbocycles. The lowest BCUT2D eigenvalue weighted by Gasteiger charge is -2.06. The molecule has 1 unspecified atom stereocenters. The quantitative estimate of drug-likeness (QED) is 0.496. The Balaban J connectivity index is 1.78. The molecule has 0 spiro atoms. The molecule has 0 radical (unpaired) electrons. The highest BCUT2D eigenvalue weighted by molar-refractivity contribution is 7.22. The maximum absolute atomic E-state index is 14.4. The predicted octanol–water partition coefficient (Wildman–Crippen LogP) is 4.86. The van der Waals surface area contributed by atoms with E-state index in [0.29, 0.717) is 23.8 Å². The third-order valence-electron chi connectivity index (χ3n) is 4.80. The van der Waals surface area contributed by atoms with Gasteiger partial charge in [-0.2, -0.15) is 0 Å². The zero-order chi connectivity index (χ0) is 18.7. The van der Waals surface area contributed by atoms with Gasteiger partial charge in [-0.3, -0.25) is 0 Å². The zero-order valence-electron chi connectivity index (χ0n) is 15.0. The molecule has 2 aromatic carbocycles. The maximum Gasteiger partial charge on any atom is 0.232 e. The number of halogens is 1. The van der Waals surface area contributed by atoms with E-state index in [0.717, 1.165) is 37.4 Å². The first-order chi connectivity index (χ1) is 13.0. The summed E-state index contributed by atoms with van der Waals surface area (Å²) in [4.78, 5) is 13.7. The molecule has 0 saturated heterocycles. The highest BCUT2D eigenvalue weighted by atomic mass is 32.1. The second-order valence-corrected chi connectivity index (χ2v) is 7.77. The van der Waals surface area contributed by atoms with E-state index in [9.17, 15) is 4.39 Å². The Morgan fingerprint density at radius 1 is 1.22 bits per heavy atom. The molecule has 0 fully saturated rings. The number of benzene rings is 2. The van der Waals surface area contributed by atoms with Crippen LogP contribution in [0.5, 0.6) is 11.6 Å². The first-order valence-electron chi connectivity index (χ1n) is 8.62. The van der Waals surface area contributed by atoms with E-state index in [1.54, 1.807) is 24.6 Å². The van der Waals surface area contributed by atoms with E-state index < -0.39 is 0 Å². The van der Waals surface area contributed by atoms with Crippen molar-refractivity contribution < 1.29 is 13.9 Å². The van der Waals surface area contributed by atoms with E-state index in [-0.39, 0.29) is 11.7 Å². The Morgan fingerprint density at radius 3 is 2.89 bits per heavy atom. The highest BCUT2D eigenvalue weighted by Crippen LogP contribution is 2.45. The second-order valence-electron chi connectivity index (χ2n) is 6.77. The van der Waals surface area contributed by atoms with E-state index in [4.69, 9.17) is 14.5 Å². The van der Waals surface area contributed by atoms with Crippen LogP contribution in [0.1, 0.15) is 24.0 Å². The van der Waals surface area contributed by atoms with Gasteiger partial charge in [0.1, 0.15) is 5.01 Å². The summed E-state index contributed by atoms with van der Waals surface area (Å²) in [6.07, 6.45) is 1.60. The first-order valence-corrected chi connectivity index (χ1v) is 9.44. The van der Waals surface area contributed by atoms with Gasteiger partial charge >= 0.3 is 0 Å². The highest BCUT2D eigenvalue weighted by Gasteiger charge is 2.28. The topological polar surface area (TPSA) is 57.1 Å². The Kier molecular flexibility index (Phi) is 3.55. The van der Waals surface area contributed by atoms with Gasteiger partial charge < -0.3 is 9.47 Å². The number of hydrogen-bond acceptors (Lipinski definition) is 6. The Hall–Kier alpha value is -2.80. The summed E-state index contributed by atoms with van der Waals surface area (Å²) in [5, 5.41) is 0.796. The number of rotatable bonds is 2. The number of nitrogens with zero attached hydrogens (tertiary/aromatic N) is 3. The van der Waals surface area contributed by atoms with Crippen LogP contribution in [0.2, 0.25) is 0 Å². The zero-order valence-corrected chi connectivity index (χ0v) is 15.9. The minimum Gasteiger partial charge on any atom is -0.490 e. The lowest BCUT2D eigenvalue weighted by Crippen LogP contribution is -1.93. The van der Waals surface area contributed by atoms with Gasteiger partial charge in [0.15, 0.2) is 11.6 Å². The summed E-state index contributed by atoms with van der Waals surface area (Å²) in [5.74, 6) is 0.625. The van der Waals surface area contributed by atoms with Gasteiger partial charge in [-0.05, 0) is 24.6 Å². The predicted molar refractivity (Wildman–Crippen MR) is 103 cm³/mol. The van der Waals surface area contributed by atoms with Crippen LogP contribution >= 0.6 is 11.3 Å². The van der Waals surface area contributed by atoms with Crippen molar-refractivity contribution in [3.8, 4) is 22.2 Å². The van der Waals surface area contributed by atoms with Crippen LogP contribution in [0.15, 0.2) is 24.4 Å². The molecule has 5 nitrogen and oxygen atoms in total. The van der Waals surface area contributed by atoms with Gasteiger partial charge in [0.25, 0.3) is 0 Å². The molecule has 7 heteroatoms. The Labute approximate surface area is 158 Å². The van der Waals surface area contributed by atoms with E-state index >= 15 is 0 Å². The fourth-order valence-corrected chi connectivity index (χ4v) is 4.77. The van der Waals surface area contributed by atoms with Crippen LogP contribution in [0.4, 0.5) is 4.39 Å². The molecule has 27 heavy (non-hydrogen) atoms. The summed E-state index contributed by atoms with van der Waals surface area (Å²) >= 11 is 1.54. The summed E-state index contributed by atoms with van der Waals surface area (Å²) < 4.78 is 26.1. The fourth-order valence-electron chi connectivity index (χ4n) is 3.55. The standard InChI is InChI=1S/C20H16FN3O2S/c1-9-4-11(17-13(5-9)23-15(25-3)7-22-17)20-24-14-6-12(21)18-16(19(14)27-20)10(2)8-26-18/h4-7,10H,8H2,1-3H3. The molecule has 1 aliphatic rings. The molecule has 136 valence electrons. The van der Waals surface area contributed by atoms with Gasteiger partial charge in [-0.25, -0.2) is 19.3 Å². The summed E-state index contributed by atoms with van der Waals surface area (Å²) in [7, 11) is 1.57. The maximum atomic E-state index is 14.4. The minimum absolute atomic E-state index is 0.143. The monoisotopic (exact) mass is 381 g/mol. The SMILES string of the molecule is COc1cnc2c(-c3nc4cc(F)c5c(c4s3)C(C)CO5)cc(C)cc2n1. The van der Waals surface area contributed by atoms with Crippen molar-refractivity contribution in [1.82, 2.24) is 15.0 Å². The van der Waals surface area contributed by atoms with Gasteiger partial charge in [0.2, 0.25) is 5.88 Å². The van der Waals surface area contributed by atoms with Crippen LogP contribution in [0, 0.1) is 12.7 Å². The normalized spacial score (nSPS) is 15.9. The molecule has 1 atom stereocenters. The smallest absolute Gasteiger partial charge is 0.232 e. The Morgan fingerprint density at radius 2 is 2.07 bits per heavy atom. The van der Waals surface area contributed by atoms with Crippen molar-refractivity contribution in [3.63, 3.8) is 0 Å². The van der Waals surface area contributed by atoms with Crippen molar-refractivity contribution >= 4 is 32.6 Å². The largest absolute Gasteiger partial charge is 0.490 e. The van der Waals surface area contributed by atoms with Crippen LogP contribution in [0.3, 0.4) is 0 Å². The van der Waals surface area contributed by atoms with Crippen molar-refractivity contribution in [1.29, 1.82) is 0 Å². The second kappa shape index (κ2) is 5.85. The summed E-state index contributed by atoms with van der Waals surface area (Å²) in [6.45, 7) is 4.55. The lowest BCUT2D eigenvalue weighted by molar-refractivity contribution is 0.323. The summed E-state index contributed by atoms with van der Waals surface area (Å²) in [6, 6.07) is 5.46. The average molecular weight is 381 g/mol. The van der Waals surface area contributed by atoms with Crippen LogP contribution in [0.25, 0.3) is 31.8 Å². The first kappa shape index (κ1) is 16.4. The van der Waals surface area contributed by atoms with Crippen molar-refractivity contribution in [2.24, 2.45) is 0 Å². The van der Waals surface area contributed by atoms with E-state index in [1.165, 1.54) is 6.07 Å². The molecule has 5 rings (SSSR count). The van der Waals surface area contributed by atoms with Crippen LogP contribution in [-0.4, -0.2) is 28.7 Å². The van der Waals surface area contributed by atoms with Gasteiger partial charge in [-0.1, -0.05) is 6.92 Å². The number of ether oxygens (including phenoxy) is 2. The molecule has 0 saturated carbocycles. The number of thiazole rings is 1. The third-order valence-corrected chi connectivity index (χ3v) is 5.94. The van der Waals surface area contributed by atoms with E-state index in [2.05, 4.69) is 9.97 Å². The molecule has 4 aromatic rings. The fraction of sp³-hybridized carbons (Fsp3) is 0.250. The molecule has 2 aromatic heterocycles. The van der Waals surface area contributed by atoms with Crippen molar-refractivity contribution in [2.45, 2.75) is 19.8 Å². The third kappa shape index (κ3) is 2.45. The Bertz CT molecular complexity index is 1220. The molecular formula is C20H16FN3O2S. The average Bonchev–Trinajstić information content (AvgIpc) is 3.24. The van der Waals surface area contributed by atoms with Gasteiger partial charge in [0.05, 0.1) is 41.2 Å². The van der Waals surface area contributed by atoms with Crippen LogP contribution < -0.4 is 9.47 Å². The number of fused-ring (bicyclic) bond motifs is 4. The summed E-state index contributed by atoms with van der Waals surface area (Å²) in [5.41, 5.74) is 5.01. The number of methoxy groups -OCH3 is 1. The number of aryl methyl sites for hydroxylation is 1. The molecule has 0 N–H and O–H groups in total. The number of aromatic nitrogens is 3. The van der Waals surface area contributed by atoms with Gasteiger partial charge in [-0.15, -0.1) is 11.3 Å². The van der Waals surface area contributed by atoms with E-state index in [1.807, 2.05) is 26.0 Å². The van der Waals surface area contributed by atoms with Crippen molar-refractivity contribution in [2.75, 3.05) is 13.7 Å². The lowest BCUT2D eigenvalue weighted by atomic mass is 10.0. The molecule has 1 aliphatic heterocycles. The number of hydrogen-bond donors (Lipinski definition) is 0. The molecular weight excluding hydrogens is 365 g/mol. The minimum atomic E-state index is -0.350. The van der Waals surface area contributed by atoms with Crippen LogP contribution in [-0.2, 0) is 0 Å². The molecule has 3 heterocycles. The van der Waals surface area contributed by atoms with Crippen molar-refractivity contribution in [3.05, 3.63) is 41.3 Å².